The van der Waals surface area contributed by atoms with Crippen molar-refractivity contribution in [1.82, 2.24) is 9.55 Å². The highest BCUT2D eigenvalue weighted by atomic mass is 15.0. The number of rotatable bonds is 5. The van der Waals surface area contributed by atoms with E-state index in [4.69, 9.17) is 0 Å². The average Bonchev–Trinajstić information content (AvgIpc) is 3.47. The zero-order valence-electron chi connectivity index (χ0n) is 20.5. The minimum Gasteiger partial charge on any atom is -0.355 e. The Kier molecular flexibility index (Phi) is 4.92. The van der Waals surface area contributed by atoms with Gasteiger partial charge in [0.15, 0.2) is 0 Å². The number of aromatic nitrogens is 2. The van der Waals surface area contributed by atoms with Crippen molar-refractivity contribution in [3.05, 3.63) is 115 Å². The summed E-state index contributed by atoms with van der Waals surface area (Å²) in [5.74, 6) is 0. The van der Waals surface area contributed by atoms with E-state index in [-0.39, 0.29) is 0 Å². The Bertz CT molecular complexity index is 1870. The Morgan fingerprint density at radius 3 is 2.08 bits per heavy atom. The molecular weight excluding hydrogens is 436 g/mol. The van der Waals surface area contributed by atoms with Crippen molar-refractivity contribution >= 4 is 43.6 Å². The van der Waals surface area contributed by atoms with Crippen molar-refractivity contribution in [2.75, 3.05) is 0 Å². The van der Waals surface area contributed by atoms with Crippen molar-refractivity contribution in [3.63, 3.8) is 0 Å². The van der Waals surface area contributed by atoms with E-state index in [1.807, 2.05) is 0 Å². The van der Waals surface area contributed by atoms with E-state index < -0.39 is 0 Å². The smallest absolute Gasteiger partial charge is 0.0541 e. The number of unbranched alkanes of at least 4 members (excludes halogenated alkanes) is 1. The van der Waals surface area contributed by atoms with Crippen LogP contribution in [0, 0.1) is 0 Å². The summed E-state index contributed by atoms with van der Waals surface area (Å²) in [5, 5.41) is 5.12. The Hall–Kier alpha value is -4.30. The summed E-state index contributed by atoms with van der Waals surface area (Å²) >= 11 is 0. The Morgan fingerprint density at radius 1 is 0.583 bits per heavy atom. The number of aromatic amines is 1. The lowest BCUT2D eigenvalue weighted by Crippen LogP contribution is -1.94. The van der Waals surface area contributed by atoms with Crippen LogP contribution in [-0.2, 0) is 6.42 Å². The molecule has 2 heterocycles. The van der Waals surface area contributed by atoms with Crippen LogP contribution in [0.2, 0.25) is 0 Å². The van der Waals surface area contributed by atoms with Gasteiger partial charge in [0.1, 0.15) is 0 Å². The predicted molar refractivity (Wildman–Crippen MR) is 154 cm³/mol. The predicted octanol–water partition coefficient (Wildman–Crippen LogP) is 9.43. The van der Waals surface area contributed by atoms with Gasteiger partial charge in [0.25, 0.3) is 0 Å². The van der Waals surface area contributed by atoms with Gasteiger partial charge in [0, 0.05) is 38.3 Å². The Labute approximate surface area is 210 Å². The summed E-state index contributed by atoms with van der Waals surface area (Å²) in [5.41, 5.74) is 9.97. The van der Waals surface area contributed by atoms with Crippen molar-refractivity contribution in [3.8, 4) is 16.8 Å². The number of hydrogen-bond donors (Lipinski definition) is 1. The molecule has 0 saturated carbocycles. The highest BCUT2D eigenvalue weighted by Gasteiger charge is 2.14. The van der Waals surface area contributed by atoms with Crippen molar-refractivity contribution in [1.29, 1.82) is 0 Å². The molecule has 0 amide bonds. The van der Waals surface area contributed by atoms with Crippen LogP contribution >= 0.6 is 0 Å². The molecule has 2 aromatic heterocycles. The second kappa shape index (κ2) is 8.42. The molecule has 0 aliphatic carbocycles. The van der Waals surface area contributed by atoms with E-state index in [0.29, 0.717) is 0 Å². The normalized spacial score (nSPS) is 11.8. The summed E-state index contributed by atoms with van der Waals surface area (Å²) in [7, 11) is 0. The zero-order valence-corrected chi connectivity index (χ0v) is 20.5. The van der Waals surface area contributed by atoms with Crippen molar-refractivity contribution in [2.45, 2.75) is 26.2 Å². The fourth-order valence-corrected chi connectivity index (χ4v) is 5.65. The molecule has 0 atom stereocenters. The van der Waals surface area contributed by atoms with Gasteiger partial charge in [0.05, 0.1) is 11.0 Å². The number of nitrogens with zero attached hydrogens (tertiary/aromatic N) is 1. The molecule has 2 heteroatoms. The van der Waals surface area contributed by atoms with Gasteiger partial charge >= 0.3 is 0 Å². The highest BCUT2D eigenvalue weighted by Crippen LogP contribution is 2.36. The van der Waals surface area contributed by atoms with Crippen LogP contribution in [0.1, 0.15) is 25.3 Å². The number of para-hydroxylation sites is 2. The Balaban J connectivity index is 1.39. The van der Waals surface area contributed by atoms with Crippen LogP contribution in [0.4, 0.5) is 0 Å². The number of H-pyrrole nitrogens is 1. The summed E-state index contributed by atoms with van der Waals surface area (Å²) in [6.45, 7) is 2.25. The molecule has 1 N–H and O–H groups in total. The lowest BCUT2D eigenvalue weighted by Gasteiger charge is -2.10. The van der Waals surface area contributed by atoms with Crippen LogP contribution in [0.5, 0.6) is 0 Å². The van der Waals surface area contributed by atoms with E-state index in [0.717, 1.165) is 6.42 Å². The summed E-state index contributed by atoms with van der Waals surface area (Å²) in [6, 6.07) is 40.1. The number of benzene rings is 5. The van der Waals surface area contributed by atoms with E-state index in [1.165, 1.54) is 78.8 Å². The van der Waals surface area contributed by atoms with Gasteiger partial charge < -0.3 is 9.55 Å². The van der Waals surface area contributed by atoms with Gasteiger partial charge in [-0.05, 0) is 78.1 Å². The first-order chi connectivity index (χ1) is 17.8. The largest absolute Gasteiger partial charge is 0.355 e. The quantitative estimate of drug-likeness (QED) is 0.262. The average molecular weight is 465 g/mol. The molecule has 0 radical (unpaired) electrons. The van der Waals surface area contributed by atoms with Crippen LogP contribution in [0.3, 0.4) is 0 Å². The third-order valence-electron chi connectivity index (χ3n) is 7.53. The number of nitrogens with one attached hydrogen (secondary N) is 1. The maximum atomic E-state index is 3.54. The molecule has 0 aliphatic rings. The third kappa shape index (κ3) is 3.33. The van der Waals surface area contributed by atoms with Crippen LogP contribution in [0.15, 0.2) is 109 Å². The van der Waals surface area contributed by atoms with E-state index >= 15 is 0 Å². The van der Waals surface area contributed by atoms with Crippen LogP contribution < -0.4 is 0 Å². The van der Waals surface area contributed by atoms with Gasteiger partial charge in [-0.2, -0.15) is 0 Å². The molecule has 0 spiro atoms. The van der Waals surface area contributed by atoms with E-state index in [1.54, 1.807) is 0 Å². The van der Waals surface area contributed by atoms with Crippen LogP contribution in [-0.4, -0.2) is 9.55 Å². The molecule has 0 fully saturated rings. The standard InChI is InChI=1S/C34H28N2/c1-2-3-8-23-13-17-26(18-14-23)36-33-12-7-5-10-28(33)30-22-25(16-20-34(30)36)24-15-19-32-29(21-24)27-9-4-6-11-31(27)35-32/h4-7,9-22,35H,2-3,8H2,1H3. The molecular formula is C34H28N2. The minimum absolute atomic E-state index is 1.15. The molecule has 0 saturated heterocycles. The lowest BCUT2D eigenvalue weighted by atomic mass is 10.0. The molecule has 0 bridgehead atoms. The van der Waals surface area contributed by atoms with E-state index in [2.05, 4.69) is 126 Å². The molecule has 36 heavy (non-hydrogen) atoms. The van der Waals surface area contributed by atoms with Gasteiger partial charge in [0.2, 0.25) is 0 Å². The second-order valence-corrected chi connectivity index (χ2v) is 9.79. The van der Waals surface area contributed by atoms with E-state index in [9.17, 15) is 0 Å². The molecule has 5 aromatic carbocycles. The van der Waals surface area contributed by atoms with Crippen LogP contribution in [0.25, 0.3) is 60.4 Å². The molecule has 0 aliphatic heterocycles. The topological polar surface area (TPSA) is 20.7 Å². The first kappa shape index (κ1) is 21.0. The Morgan fingerprint density at radius 2 is 1.25 bits per heavy atom. The first-order valence-electron chi connectivity index (χ1n) is 12.9. The van der Waals surface area contributed by atoms with Crippen molar-refractivity contribution < 1.29 is 0 Å². The molecule has 0 unspecified atom stereocenters. The van der Waals surface area contributed by atoms with Gasteiger partial charge in [-0.15, -0.1) is 0 Å². The molecule has 2 nitrogen and oxygen atoms in total. The third-order valence-corrected chi connectivity index (χ3v) is 7.53. The number of fused-ring (bicyclic) bond motifs is 6. The SMILES string of the molecule is CCCCc1ccc(-n2c3ccccc3c3cc(-c4ccc5[nH]c6ccccc6c5c4)ccc32)cc1. The van der Waals surface area contributed by atoms with Gasteiger partial charge in [-0.3, -0.25) is 0 Å². The fourth-order valence-electron chi connectivity index (χ4n) is 5.65. The zero-order chi connectivity index (χ0) is 24.1. The fraction of sp³-hybridized carbons (Fsp3) is 0.118. The summed E-state index contributed by atoms with van der Waals surface area (Å²) < 4.78 is 2.40. The molecule has 174 valence electrons. The van der Waals surface area contributed by atoms with Gasteiger partial charge in [-0.1, -0.05) is 74.0 Å². The maximum Gasteiger partial charge on any atom is 0.0541 e. The summed E-state index contributed by atoms with van der Waals surface area (Å²) in [4.78, 5) is 3.54. The summed E-state index contributed by atoms with van der Waals surface area (Å²) in [6.07, 6.45) is 3.61. The lowest BCUT2D eigenvalue weighted by molar-refractivity contribution is 0.795. The molecule has 7 rings (SSSR count). The number of aryl methyl sites for hydroxylation is 1. The highest BCUT2D eigenvalue weighted by molar-refractivity contribution is 6.11. The van der Waals surface area contributed by atoms with Crippen molar-refractivity contribution in [2.24, 2.45) is 0 Å². The maximum absolute atomic E-state index is 3.54. The van der Waals surface area contributed by atoms with Gasteiger partial charge in [-0.25, -0.2) is 0 Å². The monoisotopic (exact) mass is 464 g/mol. The second-order valence-electron chi connectivity index (χ2n) is 9.79. The molecule has 7 aromatic rings. The first-order valence-corrected chi connectivity index (χ1v) is 12.9. The minimum atomic E-state index is 1.15. The number of hydrogen-bond acceptors (Lipinski definition) is 0.